The number of carboxylic acids is 1. The van der Waals surface area contributed by atoms with E-state index in [1.54, 1.807) is 0 Å². The van der Waals surface area contributed by atoms with Gasteiger partial charge in [0.05, 0.1) is 0 Å². The largest absolute Gasteiger partial charge is 0.480 e. The number of nitrogens with one attached hydrogen (secondary N) is 1. The predicted molar refractivity (Wildman–Crippen MR) is 54.2 cm³/mol. The highest BCUT2D eigenvalue weighted by molar-refractivity contribution is 5.89. The van der Waals surface area contributed by atoms with Crippen LogP contribution in [0.3, 0.4) is 0 Å². The van der Waals surface area contributed by atoms with Crippen LogP contribution in [-0.4, -0.2) is 23.0 Å². The van der Waals surface area contributed by atoms with Crippen LogP contribution in [0.2, 0.25) is 0 Å². The van der Waals surface area contributed by atoms with Gasteiger partial charge in [-0.2, -0.15) is 0 Å². The molecule has 1 saturated heterocycles. The fourth-order valence-electron chi connectivity index (χ4n) is 3.12. The molecule has 0 bridgehead atoms. The minimum absolute atomic E-state index is 0.108. The molecule has 4 nitrogen and oxygen atoms in total. The molecule has 1 aliphatic carbocycles. The first-order chi connectivity index (χ1) is 7.01. The molecular formula is C11H17NO3. The summed E-state index contributed by atoms with van der Waals surface area (Å²) in [6.07, 6.45) is 2.21. The summed E-state index contributed by atoms with van der Waals surface area (Å²) in [5, 5.41) is 11.7. The normalized spacial score (nSPS) is 43.9. The lowest BCUT2D eigenvalue weighted by Crippen LogP contribution is -2.45. The highest BCUT2D eigenvalue weighted by Gasteiger charge is 2.59. The van der Waals surface area contributed by atoms with Crippen LogP contribution in [0, 0.1) is 17.3 Å². The Labute approximate surface area is 89.0 Å². The van der Waals surface area contributed by atoms with E-state index in [0.717, 1.165) is 12.8 Å². The highest BCUT2D eigenvalue weighted by Crippen LogP contribution is 2.57. The van der Waals surface area contributed by atoms with Crippen molar-refractivity contribution >= 4 is 11.9 Å². The summed E-state index contributed by atoms with van der Waals surface area (Å²) >= 11 is 0. The summed E-state index contributed by atoms with van der Waals surface area (Å²) in [5.41, 5.74) is -0.331. The third-order valence-electron chi connectivity index (χ3n) is 4.12. The van der Waals surface area contributed by atoms with Crippen molar-refractivity contribution in [2.45, 2.75) is 39.2 Å². The van der Waals surface area contributed by atoms with E-state index in [4.69, 9.17) is 5.11 Å². The first-order valence-electron chi connectivity index (χ1n) is 5.53. The maximum absolute atomic E-state index is 11.4. The van der Waals surface area contributed by atoms with E-state index in [-0.39, 0.29) is 11.3 Å². The van der Waals surface area contributed by atoms with Crippen molar-refractivity contribution < 1.29 is 14.7 Å². The van der Waals surface area contributed by atoms with Crippen molar-refractivity contribution in [1.29, 1.82) is 0 Å². The van der Waals surface area contributed by atoms with Crippen molar-refractivity contribution in [1.82, 2.24) is 5.32 Å². The van der Waals surface area contributed by atoms with E-state index < -0.39 is 12.0 Å². The van der Waals surface area contributed by atoms with Crippen molar-refractivity contribution in [3.63, 3.8) is 0 Å². The molecule has 1 heterocycles. The highest BCUT2D eigenvalue weighted by atomic mass is 16.4. The van der Waals surface area contributed by atoms with Crippen molar-refractivity contribution in [3.05, 3.63) is 0 Å². The van der Waals surface area contributed by atoms with Gasteiger partial charge < -0.3 is 10.4 Å². The van der Waals surface area contributed by atoms with Crippen LogP contribution in [0.5, 0.6) is 0 Å². The molecule has 1 amide bonds. The zero-order valence-electron chi connectivity index (χ0n) is 9.12. The van der Waals surface area contributed by atoms with Crippen LogP contribution in [0.4, 0.5) is 0 Å². The molecule has 15 heavy (non-hydrogen) atoms. The first-order valence-corrected chi connectivity index (χ1v) is 5.53. The monoisotopic (exact) mass is 211 g/mol. The zero-order valence-corrected chi connectivity index (χ0v) is 9.12. The second-order valence-electron chi connectivity index (χ2n) is 4.92. The molecule has 0 aromatic heterocycles. The van der Waals surface area contributed by atoms with Crippen LogP contribution < -0.4 is 5.32 Å². The smallest absolute Gasteiger partial charge is 0.326 e. The number of hydrogen-bond donors (Lipinski definition) is 2. The summed E-state index contributed by atoms with van der Waals surface area (Å²) in [6, 6.07) is -0.676. The Bertz CT molecular complexity index is 315. The maximum Gasteiger partial charge on any atom is 0.326 e. The standard InChI is InChI=1S/C11H17NO3/c1-3-11(7-4-6(7)2)5-8(13)12-9(11)10(14)15/h6-7,9H,3-5H2,1-2H3,(H,12,13)(H,14,15). The van der Waals surface area contributed by atoms with E-state index in [9.17, 15) is 9.59 Å². The van der Waals surface area contributed by atoms with Gasteiger partial charge in [0.1, 0.15) is 6.04 Å². The number of aliphatic carboxylic acids is 1. The van der Waals surface area contributed by atoms with Gasteiger partial charge in [0.15, 0.2) is 0 Å². The predicted octanol–water partition coefficient (Wildman–Crippen LogP) is 1.01. The van der Waals surface area contributed by atoms with Crippen LogP contribution >= 0.6 is 0 Å². The van der Waals surface area contributed by atoms with Crippen LogP contribution in [0.25, 0.3) is 0 Å². The molecule has 2 rings (SSSR count). The summed E-state index contributed by atoms with van der Waals surface area (Å²) in [5.74, 6) is -0.0211. The molecule has 4 heteroatoms. The number of rotatable bonds is 3. The Morgan fingerprint density at radius 3 is 2.67 bits per heavy atom. The average molecular weight is 211 g/mol. The van der Waals surface area contributed by atoms with Crippen LogP contribution in [-0.2, 0) is 9.59 Å². The molecule has 0 spiro atoms. The Hall–Kier alpha value is -1.06. The Balaban J connectivity index is 2.29. The average Bonchev–Trinajstić information content (AvgIpc) is 2.78. The second kappa shape index (κ2) is 3.22. The van der Waals surface area contributed by atoms with Gasteiger partial charge in [-0.15, -0.1) is 0 Å². The number of amides is 1. The van der Waals surface area contributed by atoms with E-state index in [2.05, 4.69) is 12.2 Å². The second-order valence-corrected chi connectivity index (χ2v) is 4.92. The summed E-state index contributed by atoms with van der Waals surface area (Å²) in [7, 11) is 0. The molecule has 0 aromatic carbocycles. The van der Waals surface area contributed by atoms with E-state index in [0.29, 0.717) is 18.3 Å². The molecule has 2 aliphatic rings. The minimum atomic E-state index is -0.887. The molecule has 0 aromatic rings. The van der Waals surface area contributed by atoms with Crippen LogP contribution in [0.15, 0.2) is 0 Å². The minimum Gasteiger partial charge on any atom is -0.480 e. The zero-order chi connectivity index (χ0) is 11.2. The van der Waals surface area contributed by atoms with Crippen molar-refractivity contribution in [2.75, 3.05) is 0 Å². The van der Waals surface area contributed by atoms with Gasteiger partial charge in [0.25, 0.3) is 0 Å². The lowest BCUT2D eigenvalue weighted by atomic mass is 9.73. The Morgan fingerprint density at radius 2 is 2.27 bits per heavy atom. The molecule has 1 aliphatic heterocycles. The van der Waals surface area contributed by atoms with Gasteiger partial charge in [0, 0.05) is 11.8 Å². The first kappa shape index (κ1) is 10.5. The summed E-state index contributed by atoms with van der Waals surface area (Å²) in [4.78, 5) is 22.5. The maximum atomic E-state index is 11.4. The SMILES string of the molecule is CCC1(C2CC2C)CC(=O)NC1C(=O)O. The molecule has 2 fully saturated rings. The van der Waals surface area contributed by atoms with Gasteiger partial charge in [-0.3, -0.25) is 4.79 Å². The molecule has 0 radical (unpaired) electrons. The summed E-state index contributed by atoms with van der Waals surface area (Å²) < 4.78 is 0. The quantitative estimate of drug-likeness (QED) is 0.732. The number of carbonyl (C=O) groups excluding carboxylic acids is 1. The van der Waals surface area contributed by atoms with Gasteiger partial charge >= 0.3 is 5.97 Å². The van der Waals surface area contributed by atoms with E-state index in [1.165, 1.54) is 0 Å². The van der Waals surface area contributed by atoms with E-state index >= 15 is 0 Å². The van der Waals surface area contributed by atoms with Crippen molar-refractivity contribution in [2.24, 2.45) is 17.3 Å². The third kappa shape index (κ3) is 1.43. The molecule has 4 unspecified atom stereocenters. The lowest BCUT2D eigenvalue weighted by Gasteiger charge is -2.31. The lowest BCUT2D eigenvalue weighted by molar-refractivity contribution is -0.143. The molecule has 1 saturated carbocycles. The number of carboxylic acid groups (broad SMARTS) is 1. The topological polar surface area (TPSA) is 66.4 Å². The van der Waals surface area contributed by atoms with Crippen molar-refractivity contribution in [3.8, 4) is 0 Å². The van der Waals surface area contributed by atoms with E-state index in [1.807, 2.05) is 6.92 Å². The van der Waals surface area contributed by atoms with Gasteiger partial charge in [-0.1, -0.05) is 13.8 Å². The summed E-state index contributed by atoms with van der Waals surface area (Å²) in [6.45, 7) is 4.12. The molecule has 2 N–H and O–H groups in total. The molecular weight excluding hydrogens is 194 g/mol. The fraction of sp³-hybridized carbons (Fsp3) is 0.818. The van der Waals surface area contributed by atoms with Crippen LogP contribution in [0.1, 0.15) is 33.1 Å². The fourth-order valence-corrected chi connectivity index (χ4v) is 3.12. The Morgan fingerprint density at radius 1 is 1.67 bits per heavy atom. The van der Waals surface area contributed by atoms with Gasteiger partial charge in [-0.05, 0) is 24.7 Å². The van der Waals surface area contributed by atoms with Gasteiger partial charge in [-0.25, -0.2) is 4.79 Å². The number of hydrogen-bond acceptors (Lipinski definition) is 2. The Kier molecular flexibility index (Phi) is 2.24. The molecule has 4 atom stereocenters. The molecule has 84 valence electrons. The third-order valence-corrected chi connectivity index (χ3v) is 4.12. The number of carbonyl (C=O) groups is 2. The van der Waals surface area contributed by atoms with Gasteiger partial charge in [0.2, 0.25) is 5.91 Å².